The maximum absolute atomic E-state index is 12.9. The Kier molecular flexibility index (Phi) is 6.62. The van der Waals surface area contributed by atoms with Gasteiger partial charge in [0.1, 0.15) is 4.90 Å². The second-order valence-corrected chi connectivity index (χ2v) is 11.0. The molecule has 170 valence electrons. The van der Waals surface area contributed by atoms with Gasteiger partial charge in [-0.1, -0.05) is 12.2 Å². The zero-order valence-electron chi connectivity index (χ0n) is 18.5. The number of carbonyl (C=O) groups is 1. The summed E-state index contributed by atoms with van der Waals surface area (Å²) in [5, 5.41) is 0. The molecule has 3 aliphatic rings. The van der Waals surface area contributed by atoms with Crippen molar-refractivity contribution < 1.29 is 13.2 Å². The summed E-state index contributed by atoms with van der Waals surface area (Å²) in [6.45, 7) is 4.84. The molecule has 0 bridgehead atoms. The molecule has 4 rings (SSSR count). The quantitative estimate of drug-likeness (QED) is 0.649. The standard InChI is InChI=1S/C22H33N5O3S/c1-25-12-14-27(15-13-25)22-23-16-19(31(2,29)30)20(24-22)17-8-10-26(11-9-17)21(28)18-6-4-3-5-7-18/h3-4,16-18H,5-15H2,1-2H3/t18-/m0/s1. The molecule has 0 aromatic carbocycles. The number of hydrogen-bond acceptors (Lipinski definition) is 7. The Labute approximate surface area is 185 Å². The fourth-order valence-electron chi connectivity index (χ4n) is 4.76. The van der Waals surface area contributed by atoms with Gasteiger partial charge in [0.25, 0.3) is 0 Å². The van der Waals surface area contributed by atoms with Gasteiger partial charge in [0.15, 0.2) is 9.84 Å². The van der Waals surface area contributed by atoms with Crippen LogP contribution < -0.4 is 4.90 Å². The number of piperazine rings is 1. The predicted octanol–water partition coefficient (Wildman–Crippen LogP) is 1.69. The lowest BCUT2D eigenvalue weighted by atomic mass is 9.89. The van der Waals surface area contributed by atoms with Crippen LogP contribution in [0.3, 0.4) is 0 Å². The van der Waals surface area contributed by atoms with E-state index in [2.05, 4.69) is 34.0 Å². The van der Waals surface area contributed by atoms with Gasteiger partial charge in [-0.3, -0.25) is 4.79 Å². The van der Waals surface area contributed by atoms with Crippen molar-refractivity contribution in [3.8, 4) is 0 Å². The first-order valence-electron chi connectivity index (χ1n) is 11.3. The number of sulfone groups is 1. The van der Waals surface area contributed by atoms with Gasteiger partial charge in [-0.05, 0) is 39.2 Å². The fourth-order valence-corrected chi connectivity index (χ4v) is 5.60. The van der Waals surface area contributed by atoms with Crippen molar-refractivity contribution in [2.24, 2.45) is 5.92 Å². The summed E-state index contributed by atoms with van der Waals surface area (Å²) in [7, 11) is -1.33. The number of piperidine rings is 1. The highest BCUT2D eigenvalue weighted by atomic mass is 32.2. The van der Waals surface area contributed by atoms with Gasteiger partial charge >= 0.3 is 0 Å². The molecule has 1 aromatic rings. The Morgan fingerprint density at radius 1 is 1.03 bits per heavy atom. The summed E-state index contributed by atoms with van der Waals surface area (Å²) < 4.78 is 24.9. The Balaban J connectivity index is 1.50. The Bertz CT molecular complexity index is 932. The van der Waals surface area contributed by atoms with Gasteiger partial charge in [0, 0.05) is 57.4 Å². The van der Waals surface area contributed by atoms with Crippen molar-refractivity contribution in [2.75, 3.05) is 57.5 Å². The fraction of sp³-hybridized carbons (Fsp3) is 0.682. The van der Waals surface area contributed by atoms with E-state index in [-0.39, 0.29) is 22.6 Å². The number of likely N-dealkylation sites (tertiary alicyclic amines) is 1. The number of nitrogens with zero attached hydrogens (tertiary/aromatic N) is 5. The van der Waals surface area contributed by atoms with Crippen molar-refractivity contribution >= 4 is 21.7 Å². The largest absolute Gasteiger partial charge is 0.342 e. The molecule has 1 amide bonds. The Hall–Kier alpha value is -2.00. The number of hydrogen-bond donors (Lipinski definition) is 0. The third-order valence-corrected chi connectivity index (χ3v) is 7.88. The van der Waals surface area contributed by atoms with Crippen molar-refractivity contribution in [1.82, 2.24) is 19.8 Å². The normalized spacial score (nSPS) is 23.9. The van der Waals surface area contributed by atoms with Crippen LogP contribution in [-0.4, -0.2) is 86.7 Å². The van der Waals surface area contributed by atoms with Gasteiger partial charge in [0.2, 0.25) is 11.9 Å². The van der Waals surface area contributed by atoms with E-state index in [1.807, 2.05) is 4.90 Å². The van der Waals surface area contributed by atoms with Crippen LogP contribution in [0.5, 0.6) is 0 Å². The van der Waals surface area contributed by atoms with Gasteiger partial charge in [-0.2, -0.15) is 0 Å². The summed E-state index contributed by atoms with van der Waals surface area (Å²) >= 11 is 0. The van der Waals surface area contributed by atoms with E-state index in [0.29, 0.717) is 24.7 Å². The minimum absolute atomic E-state index is 0.0224. The highest BCUT2D eigenvalue weighted by molar-refractivity contribution is 7.90. The maximum atomic E-state index is 12.9. The molecule has 1 aromatic heterocycles. The molecule has 9 heteroatoms. The van der Waals surface area contributed by atoms with Crippen LogP contribution in [0.2, 0.25) is 0 Å². The number of rotatable bonds is 4. The molecule has 0 N–H and O–H groups in total. The zero-order valence-corrected chi connectivity index (χ0v) is 19.4. The molecule has 1 atom stereocenters. The minimum atomic E-state index is -3.43. The van der Waals surface area contributed by atoms with Gasteiger partial charge in [0.05, 0.1) is 11.9 Å². The molecular formula is C22H33N5O3S. The average molecular weight is 448 g/mol. The van der Waals surface area contributed by atoms with E-state index in [4.69, 9.17) is 4.98 Å². The number of likely N-dealkylation sites (N-methyl/N-ethyl adjacent to an activating group) is 1. The smallest absolute Gasteiger partial charge is 0.226 e. The molecule has 31 heavy (non-hydrogen) atoms. The molecule has 0 radical (unpaired) electrons. The third-order valence-electron chi connectivity index (χ3n) is 6.77. The lowest BCUT2D eigenvalue weighted by molar-refractivity contribution is -0.136. The van der Waals surface area contributed by atoms with Crippen molar-refractivity contribution in [3.05, 3.63) is 24.0 Å². The van der Waals surface area contributed by atoms with Crippen molar-refractivity contribution in [1.29, 1.82) is 0 Å². The first-order chi connectivity index (χ1) is 14.8. The van der Waals surface area contributed by atoms with Crippen LogP contribution in [0.25, 0.3) is 0 Å². The predicted molar refractivity (Wildman–Crippen MR) is 120 cm³/mol. The van der Waals surface area contributed by atoms with E-state index < -0.39 is 9.84 Å². The molecule has 3 heterocycles. The van der Waals surface area contributed by atoms with Crippen LogP contribution in [-0.2, 0) is 14.6 Å². The molecule has 1 aliphatic carbocycles. The van der Waals surface area contributed by atoms with Crippen LogP contribution in [0.1, 0.15) is 43.7 Å². The van der Waals surface area contributed by atoms with Crippen LogP contribution in [0, 0.1) is 5.92 Å². The van der Waals surface area contributed by atoms with Gasteiger partial charge in [-0.15, -0.1) is 0 Å². The number of anilines is 1. The lowest BCUT2D eigenvalue weighted by Crippen LogP contribution is -2.45. The molecule has 0 unspecified atom stereocenters. The minimum Gasteiger partial charge on any atom is -0.342 e. The van der Waals surface area contributed by atoms with Gasteiger partial charge in [-0.25, -0.2) is 18.4 Å². The number of carbonyl (C=O) groups excluding carboxylic acids is 1. The first-order valence-corrected chi connectivity index (χ1v) is 13.2. The summed E-state index contributed by atoms with van der Waals surface area (Å²) in [6.07, 6.45) is 11.2. The average Bonchev–Trinajstić information content (AvgIpc) is 2.79. The van der Waals surface area contributed by atoms with Crippen LogP contribution in [0.15, 0.2) is 23.2 Å². The highest BCUT2D eigenvalue weighted by Crippen LogP contribution is 2.33. The highest BCUT2D eigenvalue weighted by Gasteiger charge is 2.32. The molecule has 0 saturated carbocycles. The van der Waals surface area contributed by atoms with Crippen molar-refractivity contribution in [2.45, 2.75) is 42.9 Å². The third kappa shape index (κ3) is 5.09. The molecule has 0 spiro atoms. The lowest BCUT2D eigenvalue weighted by Gasteiger charge is -2.35. The van der Waals surface area contributed by atoms with Crippen LogP contribution in [0.4, 0.5) is 5.95 Å². The number of allylic oxidation sites excluding steroid dienone is 2. The topological polar surface area (TPSA) is 86.7 Å². The van der Waals surface area contributed by atoms with E-state index in [9.17, 15) is 13.2 Å². The Morgan fingerprint density at radius 3 is 2.35 bits per heavy atom. The maximum Gasteiger partial charge on any atom is 0.226 e. The van der Waals surface area contributed by atoms with E-state index >= 15 is 0 Å². The molecule has 2 saturated heterocycles. The first kappa shape index (κ1) is 22.2. The van der Waals surface area contributed by atoms with E-state index in [0.717, 1.165) is 58.3 Å². The molecular weight excluding hydrogens is 414 g/mol. The molecule has 2 aliphatic heterocycles. The summed E-state index contributed by atoms with van der Waals surface area (Å²) in [6, 6.07) is 0. The molecule has 2 fully saturated rings. The number of aromatic nitrogens is 2. The van der Waals surface area contributed by atoms with Crippen molar-refractivity contribution in [3.63, 3.8) is 0 Å². The van der Waals surface area contributed by atoms with E-state index in [1.54, 1.807) is 0 Å². The summed E-state index contributed by atoms with van der Waals surface area (Å²) in [4.78, 5) is 28.6. The second kappa shape index (κ2) is 9.24. The summed E-state index contributed by atoms with van der Waals surface area (Å²) in [5.74, 6) is 0.972. The number of amides is 1. The monoisotopic (exact) mass is 447 g/mol. The zero-order chi connectivity index (χ0) is 22.0. The van der Waals surface area contributed by atoms with Gasteiger partial charge < -0.3 is 14.7 Å². The van der Waals surface area contributed by atoms with E-state index in [1.165, 1.54) is 12.5 Å². The Morgan fingerprint density at radius 2 is 1.74 bits per heavy atom. The second-order valence-electron chi connectivity index (χ2n) is 9.06. The summed E-state index contributed by atoms with van der Waals surface area (Å²) in [5.41, 5.74) is 0.624. The SMILES string of the molecule is CN1CCN(c2ncc(S(C)(=O)=O)c(C3CCN(C(=O)[C@H]4CC=CCC4)CC3)n2)CC1. The van der Waals surface area contributed by atoms with Crippen LogP contribution >= 0.6 is 0 Å². The molecule has 8 nitrogen and oxygen atoms in total.